The van der Waals surface area contributed by atoms with Crippen LogP contribution in [-0.4, -0.2) is 19.0 Å². The van der Waals surface area contributed by atoms with Gasteiger partial charge in [-0.15, -0.1) is 0 Å². The van der Waals surface area contributed by atoms with Gasteiger partial charge in [-0.3, -0.25) is 4.79 Å². The van der Waals surface area contributed by atoms with Gasteiger partial charge >= 0.3 is 0 Å². The lowest BCUT2D eigenvalue weighted by atomic mass is 9.87. The number of carbonyl (C=O) groups excluding carboxylic acids is 1. The van der Waals surface area contributed by atoms with Gasteiger partial charge in [0.1, 0.15) is 0 Å². The number of rotatable bonds is 3. The van der Waals surface area contributed by atoms with Crippen LogP contribution < -0.4 is 10.6 Å². The van der Waals surface area contributed by atoms with Crippen LogP contribution in [0, 0.1) is 11.8 Å². The molecule has 3 unspecified atom stereocenters. The average molecular weight is 246 g/mol. The summed E-state index contributed by atoms with van der Waals surface area (Å²) in [7, 11) is 0. The van der Waals surface area contributed by atoms with Crippen molar-refractivity contribution in [1.82, 2.24) is 10.6 Å². The van der Waals surface area contributed by atoms with Crippen molar-refractivity contribution in [3.8, 4) is 0 Å². The zero-order valence-electron chi connectivity index (χ0n) is 11.1. The van der Waals surface area contributed by atoms with Crippen molar-refractivity contribution in [3.05, 3.63) is 35.9 Å². The summed E-state index contributed by atoms with van der Waals surface area (Å²) in [6.45, 7) is 6.07. The van der Waals surface area contributed by atoms with E-state index in [0.29, 0.717) is 5.92 Å². The van der Waals surface area contributed by atoms with Gasteiger partial charge in [0, 0.05) is 5.92 Å². The monoisotopic (exact) mass is 246 g/mol. The maximum Gasteiger partial charge on any atom is 0.223 e. The first-order chi connectivity index (χ1) is 8.68. The third-order valence-corrected chi connectivity index (χ3v) is 3.78. The second-order valence-corrected chi connectivity index (χ2v) is 5.22. The summed E-state index contributed by atoms with van der Waals surface area (Å²) in [5.41, 5.74) is 1.16. The number of carbonyl (C=O) groups is 1. The summed E-state index contributed by atoms with van der Waals surface area (Å²) in [5, 5.41) is 6.45. The van der Waals surface area contributed by atoms with E-state index in [1.807, 2.05) is 25.1 Å². The minimum absolute atomic E-state index is 0.0841. The zero-order chi connectivity index (χ0) is 13.0. The minimum atomic E-state index is 0.0841. The molecule has 1 fully saturated rings. The smallest absolute Gasteiger partial charge is 0.223 e. The maximum absolute atomic E-state index is 12.3. The van der Waals surface area contributed by atoms with Gasteiger partial charge in [0.25, 0.3) is 0 Å². The van der Waals surface area contributed by atoms with E-state index in [1.54, 1.807) is 0 Å². The molecule has 1 aliphatic rings. The number of piperidine rings is 1. The third-order valence-electron chi connectivity index (χ3n) is 3.78. The Kier molecular flexibility index (Phi) is 4.37. The normalized spacial score (nSPS) is 25.4. The van der Waals surface area contributed by atoms with E-state index in [4.69, 9.17) is 0 Å². The van der Waals surface area contributed by atoms with Crippen LogP contribution in [0.2, 0.25) is 0 Å². The quantitative estimate of drug-likeness (QED) is 0.857. The van der Waals surface area contributed by atoms with Gasteiger partial charge in [0.2, 0.25) is 5.91 Å². The highest BCUT2D eigenvalue weighted by molar-refractivity contribution is 5.79. The topological polar surface area (TPSA) is 41.1 Å². The average Bonchev–Trinajstić information content (AvgIpc) is 2.40. The van der Waals surface area contributed by atoms with Crippen LogP contribution >= 0.6 is 0 Å². The standard InChI is InChI=1S/C15H22N2O/c1-11-10-16-9-8-14(11)15(18)17-12(2)13-6-4-3-5-7-13/h3-7,11-12,14,16H,8-10H2,1-2H3,(H,17,18). The van der Waals surface area contributed by atoms with E-state index < -0.39 is 0 Å². The molecule has 1 saturated heterocycles. The Bertz CT molecular complexity index is 391. The maximum atomic E-state index is 12.3. The number of hydrogen-bond acceptors (Lipinski definition) is 2. The lowest BCUT2D eigenvalue weighted by molar-refractivity contribution is -0.127. The van der Waals surface area contributed by atoms with E-state index >= 15 is 0 Å². The molecular weight excluding hydrogens is 224 g/mol. The highest BCUT2D eigenvalue weighted by atomic mass is 16.1. The summed E-state index contributed by atoms with van der Waals surface area (Å²) < 4.78 is 0. The van der Waals surface area contributed by atoms with Gasteiger partial charge in [-0.1, -0.05) is 37.3 Å². The van der Waals surface area contributed by atoms with Crippen LogP contribution in [0.1, 0.15) is 31.9 Å². The Balaban J connectivity index is 1.94. The molecule has 1 heterocycles. The minimum Gasteiger partial charge on any atom is -0.349 e. The largest absolute Gasteiger partial charge is 0.349 e. The summed E-state index contributed by atoms with van der Waals surface area (Å²) >= 11 is 0. The van der Waals surface area contributed by atoms with Crippen LogP contribution in [0.25, 0.3) is 0 Å². The summed E-state index contributed by atoms with van der Waals surface area (Å²) in [6.07, 6.45) is 0.939. The zero-order valence-corrected chi connectivity index (χ0v) is 11.1. The van der Waals surface area contributed by atoms with Gasteiger partial charge in [0.15, 0.2) is 0 Å². The lowest BCUT2D eigenvalue weighted by Gasteiger charge is -2.29. The van der Waals surface area contributed by atoms with Crippen LogP contribution in [0.4, 0.5) is 0 Å². The van der Waals surface area contributed by atoms with Gasteiger partial charge in [0.05, 0.1) is 6.04 Å². The second kappa shape index (κ2) is 6.01. The number of nitrogens with one attached hydrogen (secondary N) is 2. The first-order valence-corrected chi connectivity index (χ1v) is 6.74. The molecule has 0 spiro atoms. The Labute approximate surface area is 109 Å². The molecule has 98 valence electrons. The number of benzene rings is 1. The van der Waals surface area contributed by atoms with Crippen LogP contribution in [-0.2, 0) is 4.79 Å². The Hall–Kier alpha value is -1.35. The fourth-order valence-corrected chi connectivity index (χ4v) is 2.55. The van der Waals surface area contributed by atoms with Gasteiger partial charge < -0.3 is 10.6 Å². The van der Waals surface area contributed by atoms with Crippen molar-refractivity contribution >= 4 is 5.91 Å². The first-order valence-electron chi connectivity index (χ1n) is 6.74. The van der Waals surface area contributed by atoms with E-state index in [1.165, 1.54) is 0 Å². The lowest BCUT2D eigenvalue weighted by Crippen LogP contribution is -2.44. The van der Waals surface area contributed by atoms with Crippen molar-refractivity contribution in [2.45, 2.75) is 26.3 Å². The van der Waals surface area contributed by atoms with E-state index in [0.717, 1.165) is 25.1 Å². The van der Waals surface area contributed by atoms with E-state index in [9.17, 15) is 4.79 Å². The van der Waals surface area contributed by atoms with Crippen molar-refractivity contribution in [2.75, 3.05) is 13.1 Å². The molecule has 1 aromatic rings. The third kappa shape index (κ3) is 3.10. The molecule has 3 heteroatoms. The molecular formula is C15H22N2O. The second-order valence-electron chi connectivity index (χ2n) is 5.22. The van der Waals surface area contributed by atoms with Crippen molar-refractivity contribution in [2.24, 2.45) is 11.8 Å². The molecule has 1 aliphatic heterocycles. The fourth-order valence-electron chi connectivity index (χ4n) is 2.55. The van der Waals surface area contributed by atoms with Crippen LogP contribution in [0.5, 0.6) is 0 Å². The predicted molar refractivity (Wildman–Crippen MR) is 73.1 cm³/mol. The van der Waals surface area contributed by atoms with Gasteiger partial charge in [-0.05, 0) is 37.9 Å². The summed E-state index contributed by atoms with van der Waals surface area (Å²) in [6, 6.07) is 10.2. The first kappa shape index (κ1) is 13.1. The molecule has 0 aliphatic carbocycles. The molecule has 1 amide bonds. The molecule has 3 nitrogen and oxygen atoms in total. The molecule has 0 aromatic heterocycles. The van der Waals surface area contributed by atoms with Gasteiger partial charge in [-0.25, -0.2) is 0 Å². The van der Waals surface area contributed by atoms with Crippen molar-refractivity contribution < 1.29 is 4.79 Å². The van der Waals surface area contributed by atoms with Crippen LogP contribution in [0.15, 0.2) is 30.3 Å². The molecule has 18 heavy (non-hydrogen) atoms. The Morgan fingerprint density at radius 2 is 2.11 bits per heavy atom. The molecule has 0 saturated carbocycles. The molecule has 2 N–H and O–H groups in total. The van der Waals surface area contributed by atoms with Crippen LogP contribution in [0.3, 0.4) is 0 Å². The van der Waals surface area contributed by atoms with Crippen molar-refractivity contribution in [1.29, 1.82) is 0 Å². The molecule has 3 atom stereocenters. The fraction of sp³-hybridized carbons (Fsp3) is 0.533. The highest BCUT2D eigenvalue weighted by Crippen LogP contribution is 2.20. The summed E-state index contributed by atoms with van der Waals surface area (Å²) in [5.74, 6) is 0.763. The van der Waals surface area contributed by atoms with E-state index in [2.05, 4.69) is 29.7 Å². The summed E-state index contributed by atoms with van der Waals surface area (Å²) in [4.78, 5) is 12.3. The SMILES string of the molecule is CC(NC(=O)C1CCNCC1C)c1ccccc1. The van der Waals surface area contributed by atoms with E-state index in [-0.39, 0.29) is 17.9 Å². The predicted octanol–water partition coefficient (Wildman–Crippen LogP) is 2.11. The van der Waals surface area contributed by atoms with Crippen molar-refractivity contribution in [3.63, 3.8) is 0 Å². The Morgan fingerprint density at radius 3 is 2.78 bits per heavy atom. The molecule has 2 rings (SSSR count). The molecule has 0 bridgehead atoms. The van der Waals surface area contributed by atoms with Gasteiger partial charge in [-0.2, -0.15) is 0 Å². The number of amides is 1. The Morgan fingerprint density at radius 1 is 1.39 bits per heavy atom. The number of hydrogen-bond donors (Lipinski definition) is 2. The highest BCUT2D eigenvalue weighted by Gasteiger charge is 2.28. The molecule has 1 aromatic carbocycles. The molecule has 0 radical (unpaired) electrons.